The Labute approximate surface area is 406 Å². The van der Waals surface area contributed by atoms with E-state index < -0.39 is 0 Å². The van der Waals surface area contributed by atoms with Crippen LogP contribution < -0.4 is 9.80 Å². The number of fused-ring (bicyclic) bond motifs is 6. The van der Waals surface area contributed by atoms with Crippen LogP contribution in [0.5, 0.6) is 0 Å². The van der Waals surface area contributed by atoms with Gasteiger partial charge in [0.1, 0.15) is 0 Å². The fourth-order valence-corrected chi connectivity index (χ4v) is 10.0. The topological polar surface area (TPSA) is 63.9 Å². The van der Waals surface area contributed by atoms with E-state index in [1.54, 1.807) is 0 Å². The van der Waals surface area contributed by atoms with Crippen molar-refractivity contribution in [3.8, 4) is 46.5 Å². The molecule has 328 valence electrons. The third-order valence-electron chi connectivity index (χ3n) is 13.3. The Morgan fingerprint density at radius 3 is 1.39 bits per heavy atom. The van der Waals surface area contributed by atoms with Crippen molar-refractivity contribution in [3.05, 3.63) is 247 Å². The molecule has 70 heavy (non-hydrogen) atoms. The van der Waals surface area contributed by atoms with Gasteiger partial charge < -0.3 is 18.9 Å². The van der Waals surface area contributed by atoms with Crippen LogP contribution in [0.25, 0.3) is 61.3 Å². The molecule has 2 heterocycles. The van der Waals surface area contributed by atoms with E-state index in [2.05, 4.69) is 213 Å². The van der Waals surface area contributed by atoms with Crippen LogP contribution in [-0.2, 0) is 6.42 Å². The second-order valence-corrected chi connectivity index (χ2v) is 17.3. The first-order valence-electron chi connectivity index (χ1n) is 23.4. The van der Waals surface area contributed by atoms with Crippen LogP contribution in [0.4, 0.5) is 34.1 Å². The molecule has 1 aliphatic carbocycles. The van der Waals surface area contributed by atoms with Crippen molar-refractivity contribution in [1.82, 2.24) is 9.13 Å². The molecule has 0 spiro atoms. The van der Waals surface area contributed by atoms with E-state index in [-0.39, 0.29) is 0 Å². The smallest absolute Gasteiger partial charge is 0.0991 e. The highest BCUT2D eigenvalue weighted by Gasteiger charge is 2.22. The van der Waals surface area contributed by atoms with Crippen LogP contribution in [-0.4, -0.2) is 9.13 Å². The predicted molar refractivity (Wildman–Crippen MR) is 287 cm³/mol. The summed E-state index contributed by atoms with van der Waals surface area (Å²) < 4.78 is 4.67. The number of benzene rings is 9. The maximum absolute atomic E-state index is 9.71. The monoisotopic (exact) mass is 894 g/mol. The Bertz CT molecular complexity index is 3930. The first kappa shape index (κ1) is 41.6. The Balaban J connectivity index is 0.919. The molecule has 0 N–H and O–H groups in total. The summed E-state index contributed by atoms with van der Waals surface area (Å²) in [6, 6.07) is 80.5. The zero-order chi connectivity index (χ0) is 47.0. The summed E-state index contributed by atoms with van der Waals surface area (Å²) in [6.45, 7) is 0. The van der Waals surface area contributed by atoms with Crippen LogP contribution in [0, 0.1) is 34.5 Å². The molecule has 0 saturated heterocycles. The summed E-state index contributed by atoms with van der Waals surface area (Å²) in [5.41, 5.74) is 17.3. The third kappa shape index (κ3) is 7.42. The molecule has 0 fully saturated rings. The van der Waals surface area contributed by atoms with Gasteiger partial charge in [-0.3, -0.25) is 0 Å². The lowest BCUT2D eigenvalue weighted by atomic mass is 10.0. The largest absolute Gasteiger partial charge is 0.312 e. The van der Waals surface area contributed by atoms with Crippen LogP contribution >= 0.6 is 0 Å². The summed E-state index contributed by atoms with van der Waals surface area (Å²) in [7, 11) is 0. The zero-order valence-corrected chi connectivity index (χ0v) is 38.0. The van der Waals surface area contributed by atoms with E-state index in [9.17, 15) is 10.5 Å². The fourth-order valence-electron chi connectivity index (χ4n) is 10.0. The lowest BCUT2D eigenvalue weighted by Gasteiger charge is -2.26. The minimum absolute atomic E-state index is 0.611. The zero-order valence-electron chi connectivity index (χ0n) is 38.0. The molecule has 11 aromatic rings. The van der Waals surface area contributed by atoms with Crippen molar-refractivity contribution in [1.29, 1.82) is 10.5 Å². The highest BCUT2D eigenvalue weighted by atomic mass is 15.1. The number of rotatable bonds is 9. The molecule has 0 aliphatic heterocycles. The summed E-state index contributed by atoms with van der Waals surface area (Å²) >= 11 is 0. The van der Waals surface area contributed by atoms with E-state index >= 15 is 0 Å². The van der Waals surface area contributed by atoms with Crippen LogP contribution in [0.3, 0.4) is 0 Å². The molecule has 0 unspecified atom stereocenters. The Morgan fingerprint density at radius 2 is 0.843 bits per heavy atom. The minimum atomic E-state index is 0.611. The fraction of sp³-hybridized carbons (Fsp3) is 0.0312. The van der Waals surface area contributed by atoms with Crippen molar-refractivity contribution in [3.63, 3.8) is 0 Å². The van der Waals surface area contributed by atoms with Crippen molar-refractivity contribution >= 4 is 72.9 Å². The van der Waals surface area contributed by atoms with E-state index in [4.69, 9.17) is 0 Å². The van der Waals surface area contributed by atoms with Gasteiger partial charge in [0.2, 0.25) is 0 Å². The molecule has 0 amide bonds. The van der Waals surface area contributed by atoms with Gasteiger partial charge in [-0.1, -0.05) is 103 Å². The molecule has 0 bridgehead atoms. The van der Waals surface area contributed by atoms with Crippen LogP contribution in [0.15, 0.2) is 224 Å². The number of nitriles is 2. The standard InChI is InChI=1S/C64H42N6/c65-43-45-21-29-51(30-22-45)67(55-37-39-63-59(41-55)57-17-9-1-2-10-19-61(57)69(63)49-13-5-3-6-14-49)53-33-25-47(26-34-53)48-27-35-54(36-28-48)68(52-31-23-46(44-66)24-32-52)56-38-40-64-60(42-56)58-18-11-12-20-62(58)70(64)50-15-7-4-8-16-50/h3-9,11-18,20-42H,1,19H2/b17-9-. The second kappa shape index (κ2) is 17.8. The Kier molecular flexibility index (Phi) is 10.6. The molecule has 12 rings (SSSR count). The van der Waals surface area contributed by atoms with Crippen molar-refractivity contribution < 1.29 is 0 Å². The summed E-state index contributed by atoms with van der Waals surface area (Å²) in [6.07, 6.45) is 5.77. The number of aromatic nitrogens is 2. The third-order valence-corrected chi connectivity index (χ3v) is 13.3. The van der Waals surface area contributed by atoms with Gasteiger partial charge in [0, 0.05) is 79.3 Å². The maximum atomic E-state index is 9.71. The van der Waals surface area contributed by atoms with Gasteiger partial charge in [0.15, 0.2) is 0 Å². The Morgan fingerprint density at radius 1 is 0.400 bits per heavy atom. The SMILES string of the molecule is N#Cc1ccc(N(c2ccc(-c3ccc(N(c4ccc(C#N)cc4)c4ccc5c(c4)c4ccccc4n5-c4ccccc4)cc3)cc2)c2ccc3c(c2)c2c(n3-c3ccccc3)CC#CC/C=C\2)cc1. The van der Waals surface area contributed by atoms with Gasteiger partial charge in [0.25, 0.3) is 0 Å². The van der Waals surface area contributed by atoms with Gasteiger partial charge >= 0.3 is 0 Å². The molecule has 2 aromatic heterocycles. The first-order chi connectivity index (χ1) is 34.6. The predicted octanol–water partition coefficient (Wildman–Crippen LogP) is 16.0. The minimum Gasteiger partial charge on any atom is -0.312 e. The molecule has 0 radical (unpaired) electrons. The highest BCUT2D eigenvalue weighted by molar-refractivity contribution is 6.10. The van der Waals surface area contributed by atoms with Crippen molar-refractivity contribution in [2.45, 2.75) is 12.8 Å². The first-order valence-corrected chi connectivity index (χ1v) is 23.4. The quantitative estimate of drug-likeness (QED) is 0.135. The average molecular weight is 895 g/mol. The van der Waals surface area contributed by atoms with E-state index in [0.29, 0.717) is 17.5 Å². The van der Waals surface area contributed by atoms with Crippen molar-refractivity contribution in [2.75, 3.05) is 9.80 Å². The van der Waals surface area contributed by atoms with E-state index in [1.165, 1.54) is 16.6 Å². The molecular weight excluding hydrogens is 853 g/mol. The van der Waals surface area contributed by atoms with Gasteiger partial charge in [-0.2, -0.15) is 10.5 Å². The number of anilines is 6. The number of hydrogen-bond donors (Lipinski definition) is 0. The van der Waals surface area contributed by atoms with Gasteiger partial charge in [-0.25, -0.2) is 0 Å². The summed E-state index contributed by atoms with van der Waals surface area (Å²) in [5.74, 6) is 6.70. The number of nitrogens with zero attached hydrogens (tertiary/aromatic N) is 6. The second-order valence-electron chi connectivity index (χ2n) is 17.3. The summed E-state index contributed by atoms with van der Waals surface area (Å²) in [4.78, 5) is 4.52. The van der Waals surface area contributed by atoms with Crippen LogP contribution in [0.2, 0.25) is 0 Å². The molecule has 6 heteroatoms. The summed E-state index contributed by atoms with van der Waals surface area (Å²) in [5, 5.41) is 22.9. The molecule has 0 atom stereocenters. The molecule has 6 nitrogen and oxygen atoms in total. The average Bonchev–Trinajstić information content (AvgIpc) is 3.91. The number of para-hydroxylation sites is 3. The molecule has 9 aromatic carbocycles. The van der Waals surface area contributed by atoms with Crippen molar-refractivity contribution in [2.24, 2.45) is 0 Å². The van der Waals surface area contributed by atoms with Gasteiger partial charge in [-0.05, 0) is 151 Å². The highest BCUT2D eigenvalue weighted by Crippen LogP contribution is 2.43. The number of allylic oxidation sites excluding steroid dienone is 1. The lowest BCUT2D eigenvalue weighted by Crippen LogP contribution is -2.10. The normalized spacial score (nSPS) is 12.3. The molecular formula is C64H42N6. The van der Waals surface area contributed by atoms with Crippen LogP contribution in [0.1, 0.15) is 28.8 Å². The lowest BCUT2D eigenvalue weighted by molar-refractivity contribution is 1.01. The molecule has 1 aliphatic rings. The Hall–Kier alpha value is -9.80. The van der Waals surface area contributed by atoms with Gasteiger partial charge in [0.05, 0.1) is 46.2 Å². The van der Waals surface area contributed by atoms with Gasteiger partial charge in [-0.15, -0.1) is 0 Å². The molecule has 0 saturated carbocycles. The number of hydrogen-bond acceptors (Lipinski definition) is 4. The van der Waals surface area contributed by atoms with E-state index in [1.807, 2.05) is 60.7 Å². The van der Waals surface area contributed by atoms with E-state index in [0.717, 1.165) is 90.4 Å². The maximum Gasteiger partial charge on any atom is 0.0991 e.